The van der Waals surface area contributed by atoms with Crippen molar-refractivity contribution < 1.29 is 15.0 Å². The van der Waals surface area contributed by atoms with Crippen molar-refractivity contribution in [2.45, 2.75) is 10.6 Å². The van der Waals surface area contributed by atoms with Gasteiger partial charge in [-0.15, -0.1) is 11.8 Å². The normalized spacial score (nSPS) is 10.2. The summed E-state index contributed by atoms with van der Waals surface area (Å²) < 4.78 is 0. The molecular formula is C14H12O3S. The standard InChI is InChI=1S/C14H12O3S/c15-12-2-1-3-13(8-12)18-9-10-4-6-11(7-5-10)14(16)17/h1-8,15H,9H2,(H,16,17). The molecule has 0 saturated carbocycles. The molecule has 0 bridgehead atoms. The SMILES string of the molecule is O=C(O)c1ccc(CSc2cccc(O)c2)cc1. The van der Waals surface area contributed by atoms with Crippen LogP contribution in [0, 0.1) is 0 Å². The number of hydrogen-bond donors (Lipinski definition) is 2. The second kappa shape index (κ2) is 5.60. The molecule has 0 unspecified atom stereocenters. The summed E-state index contributed by atoms with van der Waals surface area (Å²) in [7, 11) is 0. The molecule has 0 aliphatic carbocycles. The van der Waals surface area contributed by atoms with E-state index >= 15 is 0 Å². The number of aromatic carboxylic acids is 1. The lowest BCUT2D eigenvalue weighted by Gasteiger charge is -2.03. The van der Waals surface area contributed by atoms with Crippen molar-refractivity contribution in [1.29, 1.82) is 0 Å². The van der Waals surface area contributed by atoms with Crippen LogP contribution in [0.4, 0.5) is 0 Å². The molecule has 0 aliphatic heterocycles. The minimum absolute atomic E-state index is 0.251. The molecule has 0 atom stereocenters. The van der Waals surface area contributed by atoms with E-state index in [2.05, 4.69) is 0 Å². The predicted octanol–water partition coefficient (Wildman–Crippen LogP) is 3.38. The summed E-state index contributed by atoms with van der Waals surface area (Å²) >= 11 is 1.59. The number of hydrogen-bond acceptors (Lipinski definition) is 3. The quantitative estimate of drug-likeness (QED) is 0.827. The Bertz CT molecular complexity index is 549. The zero-order valence-electron chi connectivity index (χ0n) is 9.54. The first-order valence-electron chi connectivity index (χ1n) is 5.39. The number of carboxylic acids is 1. The van der Waals surface area contributed by atoms with Gasteiger partial charge in [-0.3, -0.25) is 0 Å². The summed E-state index contributed by atoms with van der Waals surface area (Å²) in [5.74, 6) is 0.0759. The highest BCUT2D eigenvalue weighted by Gasteiger charge is 2.02. The Morgan fingerprint density at radius 3 is 2.44 bits per heavy atom. The van der Waals surface area contributed by atoms with E-state index < -0.39 is 5.97 Å². The van der Waals surface area contributed by atoms with Crippen LogP contribution in [0.1, 0.15) is 15.9 Å². The van der Waals surface area contributed by atoms with E-state index in [1.165, 1.54) is 0 Å². The van der Waals surface area contributed by atoms with E-state index in [1.54, 1.807) is 54.2 Å². The van der Waals surface area contributed by atoms with Crippen molar-refractivity contribution in [3.05, 3.63) is 59.7 Å². The van der Waals surface area contributed by atoms with E-state index in [9.17, 15) is 9.90 Å². The molecule has 3 nitrogen and oxygen atoms in total. The number of carbonyl (C=O) groups is 1. The third-order valence-corrected chi connectivity index (χ3v) is 3.49. The van der Waals surface area contributed by atoms with Crippen LogP contribution in [0.5, 0.6) is 5.75 Å². The minimum atomic E-state index is -0.915. The van der Waals surface area contributed by atoms with Gasteiger partial charge in [0.25, 0.3) is 0 Å². The monoisotopic (exact) mass is 260 g/mol. The molecule has 2 N–H and O–H groups in total. The first-order valence-corrected chi connectivity index (χ1v) is 6.38. The van der Waals surface area contributed by atoms with Crippen molar-refractivity contribution in [2.24, 2.45) is 0 Å². The van der Waals surface area contributed by atoms with Crippen molar-refractivity contribution >= 4 is 17.7 Å². The van der Waals surface area contributed by atoms with Crippen molar-refractivity contribution in [2.75, 3.05) is 0 Å². The lowest BCUT2D eigenvalue weighted by molar-refractivity contribution is 0.0697. The van der Waals surface area contributed by atoms with Gasteiger partial charge >= 0.3 is 5.97 Å². The van der Waals surface area contributed by atoms with Crippen LogP contribution < -0.4 is 0 Å². The summed E-state index contributed by atoms with van der Waals surface area (Å²) in [5.41, 5.74) is 1.34. The maximum absolute atomic E-state index is 10.7. The van der Waals surface area contributed by atoms with Crippen LogP contribution in [0.2, 0.25) is 0 Å². The Kier molecular flexibility index (Phi) is 3.89. The summed E-state index contributed by atoms with van der Waals surface area (Å²) in [6.45, 7) is 0. The van der Waals surface area contributed by atoms with E-state index in [-0.39, 0.29) is 5.75 Å². The fraction of sp³-hybridized carbons (Fsp3) is 0.0714. The van der Waals surface area contributed by atoms with Crippen molar-refractivity contribution in [3.63, 3.8) is 0 Å². The molecule has 0 amide bonds. The molecule has 0 heterocycles. The fourth-order valence-corrected chi connectivity index (χ4v) is 2.39. The third kappa shape index (κ3) is 3.28. The van der Waals surface area contributed by atoms with Gasteiger partial charge in [-0.25, -0.2) is 4.79 Å². The van der Waals surface area contributed by atoms with E-state index in [0.717, 1.165) is 16.2 Å². The summed E-state index contributed by atoms with van der Waals surface area (Å²) in [6.07, 6.45) is 0. The highest BCUT2D eigenvalue weighted by Crippen LogP contribution is 2.25. The number of phenols is 1. The molecule has 2 aromatic carbocycles. The molecule has 4 heteroatoms. The maximum atomic E-state index is 10.7. The zero-order chi connectivity index (χ0) is 13.0. The second-order valence-electron chi connectivity index (χ2n) is 3.79. The van der Waals surface area contributed by atoms with Gasteiger partial charge in [0.05, 0.1) is 5.56 Å². The van der Waals surface area contributed by atoms with Gasteiger partial charge in [0.15, 0.2) is 0 Å². The Labute approximate surface area is 109 Å². The number of benzene rings is 2. The molecule has 0 fully saturated rings. The molecule has 0 spiro atoms. The molecule has 2 rings (SSSR count). The average Bonchev–Trinajstić information content (AvgIpc) is 2.37. The highest BCUT2D eigenvalue weighted by molar-refractivity contribution is 7.98. The van der Waals surface area contributed by atoms with Crippen LogP contribution in [-0.4, -0.2) is 16.2 Å². The van der Waals surface area contributed by atoms with Gasteiger partial charge in [-0.1, -0.05) is 18.2 Å². The Morgan fingerprint density at radius 1 is 1.11 bits per heavy atom. The molecule has 0 aliphatic rings. The number of carboxylic acid groups (broad SMARTS) is 1. The number of rotatable bonds is 4. The van der Waals surface area contributed by atoms with Crippen LogP contribution in [0.25, 0.3) is 0 Å². The molecule has 0 aromatic heterocycles. The Hall–Kier alpha value is -1.94. The number of phenolic OH excluding ortho intramolecular Hbond substituents is 1. The first-order chi connectivity index (χ1) is 8.65. The van der Waals surface area contributed by atoms with Gasteiger partial charge < -0.3 is 10.2 Å². The number of thioether (sulfide) groups is 1. The smallest absolute Gasteiger partial charge is 0.335 e. The molecule has 0 saturated heterocycles. The molecule has 18 heavy (non-hydrogen) atoms. The van der Waals surface area contributed by atoms with Crippen LogP contribution >= 0.6 is 11.8 Å². The molecule has 92 valence electrons. The average molecular weight is 260 g/mol. The summed E-state index contributed by atoms with van der Waals surface area (Å²) in [5, 5.41) is 18.1. The van der Waals surface area contributed by atoms with Crippen LogP contribution in [0.15, 0.2) is 53.4 Å². The highest BCUT2D eigenvalue weighted by atomic mass is 32.2. The summed E-state index contributed by atoms with van der Waals surface area (Å²) in [4.78, 5) is 11.7. The number of aromatic hydroxyl groups is 1. The van der Waals surface area contributed by atoms with E-state index in [0.29, 0.717) is 5.56 Å². The van der Waals surface area contributed by atoms with E-state index in [1.807, 2.05) is 6.07 Å². The van der Waals surface area contributed by atoms with Crippen LogP contribution in [-0.2, 0) is 5.75 Å². The molecule has 2 aromatic rings. The summed E-state index contributed by atoms with van der Waals surface area (Å²) in [6, 6.07) is 13.9. The lowest BCUT2D eigenvalue weighted by Crippen LogP contribution is -1.95. The van der Waals surface area contributed by atoms with Crippen LogP contribution in [0.3, 0.4) is 0 Å². The molecular weight excluding hydrogens is 248 g/mol. The first kappa shape index (κ1) is 12.5. The third-order valence-electron chi connectivity index (χ3n) is 2.42. The van der Waals surface area contributed by atoms with Gasteiger partial charge in [0, 0.05) is 10.6 Å². The Morgan fingerprint density at radius 2 is 1.83 bits per heavy atom. The molecule has 0 radical (unpaired) electrons. The Balaban J connectivity index is 2.00. The fourth-order valence-electron chi connectivity index (χ4n) is 1.48. The van der Waals surface area contributed by atoms with Gasteiger partial charge in [0.1, 0.15) is 5.75 Å². The van der Waals surface area contributed by atoms with Gasteiger partial charge in [-0.05, 0) is 35.9 Å². The van der Waals surface area contributed by atoms with E-state index in [4.69, 9.17) is 5.11 Å². The topological polar surface area (TPSA) is 57.5 Å². The zero-order valence-corrected chi connectivity index (χ0v) is 10.4. The minimum Gasteiger partial charge on any atom is -0.508 e. The lowest BCUT2D eigenvalue weighted by atomic mass is 10.1. The van der Waals surface area contributed by atoms with Gasteiger partial charge in [0.2, 0.25) is 0 Å². The van der Waals surface area contributed by atoms with Crippen molar-refractivity contribution in [3.8, 4) is 5.75 Å². The van der Waals surface area contributed by atoms with Gasteiger partial charge in [-0.2, -0.15) is 0 Å². The largest absolute Gasteiger partial charge is 0.508 e. The van der Waals surface area contributed by atoms with Crippen molar-refractivity contribution in [1.82, 2.24) is 0 Å². The maximum Gasteiger partial charge on any atom is 0.335 e. The predicted molar refractivity (Wildman–Crippen MR) is 71.1 cm³/mol. The second-order valence-corrected chi connectivity index (χ2v) is 4.84.